The number of rotatable bonds is 5. The number of esters is 1. The number of benzene rings is 1. The highest BCUT2D eigenvalue weighted by Gasteiger charge is 2.30. The molecule has 0 saturated heterocycles. The highest BCUT2D eigenvalue weighted by molar-refractivity contribution is 5.94. The van der Waals surface area contributed by atoms with Gasteiger partial charge in [-0.25, -0.2) is 9.78 Å². The molecular weight excluding hydrogens is 347 g/mol. The number of nitrogens with zero attached hydrogens (tertiary/aromatic N) is 1. The molecule has 1 aromatic heterocycles. The number of carbonyl (C=O) groups excluding carboxylic acids is 1. The van der Waals surface area contributed by atoms with E-state index in [0.717, 1.165) is 12.1 Å². The monoisotopic (exact) mass is 367 g/mol. The van der Waals surface area contributed by atoms with Gasteiger partial charge in [-0.1, -0.05) is 19.1 Å². The van der Waals surface area contributed by atoms with Crippen molar-refractivity contribution in [1.29, 1.82) is 0 Å². The van der Waals surface area contributed by atoms with Crippen LogP contribution in [0.1, 0.15) is 42.3 Å². The Balaban J connectivity index is 2.57. The van der Waals surface area contributed by atoms with Crippen LogP contribution in [-0.4, -0.2) is 24.2 Å². The maximum atomic E-state index is 12.7. The van der Waals surface area contributed by atoms with Crippen LogP contribution >= 0.6 is 0 Å². The number of hydrogen-bond acceptors (Lipinski definition) is 4. The first-order valence-electron chi connectivity index (χ1n) is 8.13. The number of halogens is 3. The van der Waals surface area contributed by atoms with E-state index in [-0.39, 0.29) is 17.5 Å². The summed E-state index contributed by atoms with van der Waals surface area (Å²) in [4.78, 5) is 16.5. The van der Waals surface area contributed by atoms with Crippen LogP contribution in [0.3, 0.4) is 0 Å². The Morgan fingerprint density at radius 1 is 1.19 bits per heavy atom. The summed E-state index contributed by atoms with van der Waals surface area (Å²) in [6.45, 7) is 5.44. The van der Waals surface area contributed by atoms with Crippen molar-refractivity contribution in [2.45, 2.75) is 39.5 Å². The fraction of sp³-hybridized carbons (Fsp3) is 0.368. The van der Waals surface area contributed by atoms with E-state index in [1.165, 1.54) is 19.2 Å². The maximum Gasteiger partial charge on any atom is 0.416 e. The number of methoxy groups -OCH3 is 1. The molecule has 4 nitrogen and oxygen atoms in total. The topological polar surface area (TPSA) is 48.4 Å². The van der Waals surface area contributed by atoms with Crippen molar-refractivity contribution in [3.8, 4) is 17.1 Å². The van der Waals surface area contributed by atoms with Gasteiger partial charge in [-0.3, -0.25) is 0 Å². The van der Waals surface area contributed by atoms with Crippen molar-refractivity contribution < 1.29 is 27.4 Å². The molecule has 0 fully saturated rings. The Morgan fingerprint density at radius 2 is 1.81 bits per heavy atom. The average Bonchev–Trinajstić information content (AvgIpc) is 2.59. The van der Waals surface area contributed by atoms with E-state index in [2.05, 4.69) is 4.98 Å². The summed E-state index contributed by atoms with van der Waals surface area (Å²) in [5, 5.41) is 0. The number of ether oxygens (including phenoxy) is 2. The summed E-state index contributed by atoms with van der Waals surface area (Å²) in [5.74, 6) is -0.454. The largest absolute Gasteiger partial charge is 0.474 e. The van der Waals surface area contributed by atoms with Crippen LogP contribution in [0.2, 0.25) is 0 Å². The Morgan fingerprint density at radius 3 is 2.27 bits per heavy atom. The highest BCUT2D eigenvalue weighted by Crippen LogP contribution is 2.32. The first-order valence-corrected chi connectivity index (χ1v) is 8.13. The third kappa shape index (κ3) is 4.33. The summed E-state index contributed by atoms with van der Waals surface area (Å²) < 4.78 is 48.7. The van der Waals surface area contributed by atoms with Crippen molar-refractivity contribution >= 4 is 5.97 Å². The third-order valence-corrected chi connectivity index (χ3v) is 3.69. The Bertz CT molecular complexity index is 784. The van der Waals surface area contributed by atoms with Crippen LogP contribution in [0.25, 0.3) is 11.3 Å². The quantitative estimate of drug-likeness (QED) is 0.705. The highest BCUT2D eigenvalue weighted by atomic mass is 19.4. The molecule has 2 aromatic rings. The van der Waals surface area contributed by atoms with Crippen LogP contribution < -0.4 is 4.74 Å². The zero-order valence-electron chi connectivity index (χ0n) is 15.0. The van der Waals surface area contributed by atoms with E-state index in [4.69, 9.17) is 9.47 Å². The predicted octanol–water partition coefficient (Wildman–Crippen LogP) is 4.90. The number of alkyl halides is 3. The predicted molar refractivity (Wildman–Crippen MR) is 91.2 cm³/mol. The molecule has 0 aliphatic heterocycles. The van der Waals surface area contributed by atoms with E-state index in [9.17, 15) is 18.0 Å². The Hall–Kier alpha value is -2.57. The van der Waals surface area contributed by atoms with Gasteiger partial charge in [0.15, 0.2) is 0 Å². The summed E-state index contributed by atoms with van der Waals surface area (Å²) in [6, 6.07) is 6.37. The van der Waals surface area contributed by atoms with Gasteiger partial charge in [0.05, 0.1) is 24.5 Å². The standard InChI is InChI=1S/C19H20F3NO3/c1-5-12-10-15(13-6-8-14(9-7-13)19(20,21)22)23-17(26-11(2)3)16(12)18(24)25-4/h6-11H,5H2,1-4H3. The second-order valence-electron chi connectivity index (χ2n) is 5.93. The van der Waals surface area contributed by atoms with Crippen LogP contribution in [0, 0.1) is 0 Å². The lowest BCUT2D eigenvalue weighted by Crippen LogP contribution is -2.15. The van der Waals surface area contributed by atoms with E-state index in [1.54, 1.807) is 19.9 Å². The molecule has 2 rings (SSSR count). The van der Waals surface area contributed by atoms with E-state index >= 15 is 0 Å². The van der Waals surface area contributed by atoms with Gasteiger partial charge >= 0.3 is 12.1 Å². The molecule has 0 aliphatic rings. The van der Waals surface area contributed by atoms with Crippen LogP contribution in [0.15, 0.2) is 30.3 Å². The molecule has 0 atom stereocenters. The molecule has 0 unspecified atom stereocenters. The molecule has 0 N–H and O–H groups in total. The van der Waals surface area contributed by atoms with Gasteiger partial charge in [0.2, 0.25) is 5.88 Å². The minimum Gasteiger partial charge on any atom is -0.474 e. The second kappa shape index (κ2) is 7.76. The first kappa shape index (κ1) is 19.8. The minimum atomic E-state index is -4.40. The van der Waals surface area contributed by atoms with Gasteiger partial charge in [-0.05, 0) is 44.0 Å². The SMILES string of the molecule is CCc1cc(-c2ccc(C(F)(F)F)cc2)nc(OC(C)C)c1C(=O)OC. The minimum absolute atomic E-state index is 0.112. The maximum absolute atomic E-state index is 12.7. The molecule has 7 heteroatoms. The summed E-state index contributed by atoms with van der Waals surface area (Å²) in [7, 11) is 1.27. The second-order valence-corrected chi connectivity index (χ2v) is 5.93. The number of aryl methyl sites for hydroxylation is 1. The van der Waals surface area contributed by atoms with Crippen molar-refractivity contribution in [2.75, 3.05) is 7.11 Å². The lowest BCUT2D eigenvalue weighted by molar-refractivity contribution is -0.137. The van der Waals surface area contributed by atoms with Crippen molar-refractivity contribution in [3.63, 3.8) is 0 Å². The van der Waals surface area contributed by atoms with Crippen LogP contribution in [-0.2, 0) is 17.3 Å². The van der Waals surface area contributed by atoms with Gasteiger partial charge in [0.1, 0.15) is 5.56 Å². The Kier molecular flexibility index (Phi) is 5.90. The number of aromatic nitrogens is 1. The van der Waals surface area contributed by atoms with Crippen molar-refractivity contribution in [3.05, 3.63) is 47.0 Å². The molecule has 0 spiro atoms. The molecule has 1 heterocycles. The molecule has 0 saturated carbocycles. The summed E-state index contributed by atoms with van der Waals surface area (Å²) >= 11 is 0. The molecule has 0 amide bonds. The number of hydrogen-bond donors (Lipinski definition) is 0. The van der Waals surface area contributed by atoms with Gasteiger partial charge < -0.3 is 9.47 Å². The third-order valence-electron chi connectivity index (χ3n) is 3.69. The van der Waals surface area contributed by atoms with Gasteiger partial charge in [-0.2, -0.15) is 13.2 Å². The number of carbonyl (C=O) groups is 1. The molecule has 0 bridgehead atoms. The molecule has 140 valence electrons. The lowest BCUT2D eigenvalue weighted by Gasteiger charge is -2.17. The molecule has 0 aliphatic carbocycles. The first-order chi connectivity index (χ1) is 12.2. The van der Waals surface area contributed by atoms with Gasteiger partial charge in [0.25, 0.3) is 0 Å². The normalized spacial score (nSPS) is 11.5. The zero-order chi connectivity index (χ0) is 19.5. The summed E-state index contributed by atoms with van der Waals surface area (Å²) in [5.41, 5.74) is 1.08. The zero-order valence-corrected chi connectivity index (χ0v) is 15.0. The molecule has 26 heavy (non-hydrogen) atoms. The molecule has 1 aromatic carbocycles. The molecule has 0 radical (unpaired) electrons. The fourth-order valence-corrected chi connectivity index (χ4v) is 2.46. The smallest absolute Gasteiger partial charge is 0.416 e. The Labute approximate surface area is 150 Å². The van der Waals surface area contributed by atoms with E-state index in [1.807, 2.05) is 6.92 Å². The van der Waals surface area contributed by atoms with Crippen molar-refractivity contribution in [2.24, 2.45) is 0 Å². The van der Waals surface area contributed by atoms with Crippen LogP contribution in [0.4, 0.5) is 13.2 Å². The summed E-state index contributed by atoms with van der Waals surface area (Å²) in [6.07, 6.45) is -4.13. The van der Waals surface area contributed by atoms with Gasteiger partial charge in [-0.15, -0.1) is 0 Å². The lowest BCUT2D eigenvalue weighted by atomic mass is 10.0. The molecular formula is C19H20F3NO3. The van der Waals surface area contributed by atoms with Crippen LogP contribution in [0.5, 0.6) is 5.88 Å². The fourth-order valence-electron chi connectivity index (χ4n) is 2.46. The number of pyridine rings is 1. The van der Waals surface area contributed by atoms with E-state index in [0.29, 0.717) is 23.2 Å². The average molecular weight is 367 g/mol. The van der Waals surface area contributed by atoms with Crippen molar-refractivity contribution in [1.82, 2.24) is 4.98 Å². The van der Waals surface area contributed by atoms with Gasteiger partial charge in [0, 0.05) is 5.56 Å². The van der Waals surface area contributed by atoms with E-state index < -0.39 is 17.7 Å².